The first kappa shape index (κ1) is 18.0. The number of carbonyl (C=O) groups excluding carboxylic acids is 1. The highest BCUT2D eigenvalue weighted by Crippen LogP contribution is 2.31. The zero-order chi connectivity index (χ0) is 19.5. The Balaban J connectivity index is 1.61. The summed E-state index contributed by atoms with van der Waals surface area (Å²) < 4.78 is 10.6. The SMILES string of the molecule is COc1cc(NC(=O)C2CCCN2c2ncnc3ccccc23)cc(OC)c1. The van der Waals surface area contributed by atoms with Gasteiger partial charge in [-0.15, -0.1) is 0 Å². The molecule has 28 heavy (non-hydrogen) atoms. The van der Waals surface area contributed by atoms with Gasteiger partial charge >= 0.3 is 0 Å². The van der Waals surface area contributed by atoms with Gasteiger partial charge in [-0.2, -0.15) is 0 Å². The van der Waals surface area contributed by atoms with Gasteiger partial charge in [0.25, 0.3) is 0 Å². The summed E-state index contributed by atoms with van der Waals surface area (Å²) in [6.07, 6.45) is 3.25. The second kappa shape index (κ2) is 7.72. The van der Waals surface area contributed by atoms with Crippen LogP contribution in [0.1, 0.15) is 12.8 Å². The number of hydrogen-bond donors (Lipinski definition) is 1. The van der Waals surface area contributed by atoms with Crippen LogP contribution in [0, 0.1) is 0 Å². The largest absolute Gasteiger partial charge is 0.497 e. The molecule has 0 saturated carbocycles. The summed E-state index contributed by atoms with van der Waals surface area (Å²) in [5.74, 6) is 1.97. The van der Waals surface area contributed by atoms with Crippen LogP contribution in [0.3, 0.4) is 0 Å². The smallest absolute Gasteiger partial charge is 0.247 e. The minimum Gasteiger partial charge on any atom is -0.497 e. The standard InChI is InChI=1S/C21H22N4O3/c1-27-15-10-14(11-16(12-15)28-2)24-21(26)19-8-5-9-25(19)20-17-6-3-4-7-18(17)22-13-23-20/h3-4,6-7,10-13,19H,5,8-9H2,1-2H3,(H,24,26). The molecule has 1 unspecified atom stereocenters. The van der Waals surface area contributed by atoms with Gasteiger partial charge in [-0.05, 0) is 25.0 Å². The van der Waals surface area contributed by atoms with E-state index in [9.17, 15) is 4.79 Å². The van der Waals surface area contributed by atoms with E-state index in [2.05, 4.69) is 20.2 Å². The number of hydrogen-bond acceptors (Lipinski definition) is 6. The molecule has 1 N–H and O–H groups in total. The number of rotatable bonds is 5. The van der Waals surface area contributed by atoms with E-state index in [4.69, 9.17) is 9.47 Å². The van der Waals surface area contributed by atoms with Crippen LogP contribution in [0.4, 0.5) is 11.5 Å². The average Bonchev–Trinajstić information content (AvgIpc) is 3.22. The molecule has 7 nitrogen and oxygen atoms in total. The van der Waals surface area contributed by atoms with Crippen molar-refractivity contribution in [1.82, 2.24) is 9.97 Å². The second-order valence-corrected chi connectivity index (χ2v) is 6.66. The van der Waals surface area contributed by atoms with E-state index >= 15 is 0 Å². The van der Waals surface area contributed by atoms with Gasteiger partial charge in [-0.25, -0.2) is 9.97 Å². The van der Waals surface area contributed by atoms with Crippen LogP contribution >= 0.6 is 0 Å². The second-order valence-electron chi connectivity index (χ2n) is 6.66. The van der Waals surface area contributed by atoms with Gasteiger partial charge in [-0.3, -0.25) is 4.79 Å². The number of aromatic nitrogens is 2. The van der Waals surface area contributed by atoms with Crippen LogP contribution < -0.4 is 19.7 Å². The summed E-state index contributed by atoms with van der Waals surface area (Å²) in [5.41, 5.74) is 1.51. The summed E-state index contributed by atoms with van der Waals surface area (Å²) in [5, 5.41) is 3.95. The van der Waals surface area contributed by atoms with E-state index in [0.29, 0.717) is 17.2 Å². The van der Waals surface area contributed by atoms with Crippen LogP contribution in [0.5, 0.6) is 11.5 Å². The van der Waals surface area contributed by atoms with Crippen molar-refractivity contribution in [3.05, 3.63) is 48.8 Å². The molecule has 0 radical (unpaired) electrons. The van der Waals surface area contributed by atoms with E-state index in [0.717, 1.165) is 36.1 Å². The Kier molecular flexibility index (Phi) is 4.97. The molecule has 4 rings (SSSR count). The lowest BCUT2D eigenvalue weighted by atomic mass is 10.1. The lowest BCUT2D eigenvalue weighted by Gasteiger charge is -2.26. The number of nitrogens with one attached hydrogen (secondary N) is 1. The van der Waals surface area contributed by atoms with Crippen LogP contribution in [-0.4, -0.2) is 42.7 Å². The molecule has 144 valence electrons. The third-order valence-corrected chi connectivity index (χ3v) is 4.97. The van der Waals surface area contributed by atoms with Crippen molar-refractivity contribution in [2.75, 3.05) is 31.0 Å². The average molecular weight is 378 g/mol. The molecule has 0 aliphatic carbocycles. The van der Waals surface area contributed by atoms with E-state index in [-0.39, 0.29) is 11.9 Å². The molecule has 3 aromatic rings. The van der Waals surface area contributed by atoms with Gasteiger partial charge in [0.15, 0.2) is 0 Å². The van der Waals surface area contributed by atoms with E-state index in [1.165, 1.54) is 0 Å². The number of nitrogens with zero attached hydrogens (tertiary/aromatic N) is 3. The number of anilines is 2. The normalized spacial score (nSPS) is 16.2. The highest BCUT2D eigenvalue weighted by Gasteiger charge is 2.32. The predicted molar refractivity (Wildman–Crippen MR) is 108 cm³/mol. The Labute approximate surface area is 163 Å². The predicted octanol–water partition coefficient (Wildman–Crippen LogP) is 3.25. The van der Waals surface area contributed by atoms with Gasteiger partial charge in [0, 0.05) is 35.8 Å². The summed E-state index contributed by atoms with van der Waals surface area (Å²) in [6, 6.07) is 12.9. The summed E-state index contributed by atoms with van der Waals surface area (Å²) in [4.78, 5) is 23.9. The van der Waals surface area contributed by atoms with Gasteiger partial charge in [0.1, 0.15) is 29.7 Å². The van der Waals surface area contributed by atoms with Crippen molar-refractivity contribution >= 4 is 28.3 Å². The van der Waals surface area contributed by atoms with E-state index in [1.807, 2.05) is 24.3 Å². The number of methoxy groups -OCH3 is 2. The zero-order valence-electron chi connectivity index (χ0n) is 15.9. The Bertz CT molecular complexity index is 980. The molecule has 1 amide bonds. The molecule has 1 saturated heterocycles. The van der Waals surface area contributed by atoms with Crippen LogP contribution in [0.25, 0.3) is 10.9 Å². The topological polar surface area (TPSA) is 76.6 Å². The Hall–Kier alpha value is -3.35. The minimum absolute atomic E-state index is 0.0736. The fourth-order valence-corrected chi connectivity index (χ4v) is 3.62. The van der Waals surface area contributed by atoms with E-state index < -0.39 is 0 Å². The number of benzene rings is 2. The zero-order valence-corrected chi connectivity index (χ0v) is 15.9. The molecular formula is C21H22N4O3. The van der Waals surface area contributed by atoms with Crippen LogP contribution in [0.2, 0.25) is 0 Å². The van der Waals surface area contributed by atoms with Crippen LogP contribution in [0.15, 0.2) is 48.8 Å². The van der Waals surface area contributed by atoms with Gasteiger partial charge < -0.3 is 19.7 Å². The number of para-hydroxylation sites is 1. The first-order valence-electron chi connectivity index (χ1n) is 9.20. The van der Waals surface area contributed by atoms with Gasteiger partial charge in [-0.1, -0.05) is 12.1 Å². The van der Waals surface area contributed by atoms with Crippen molar-refractivity contribution in [1.29, 1.82) is 0 Å². The van der Waals surface area contributed by atoms with E-state index in [1.54, 1.807) is 38.7 Å². The molecule has 1 aliphatic rings. The number of ether oxygens (including phenoxy) is 2. The highest BCUT2D eigenvalue weighted by molar-refractivity contribution is 5.99. The molecule has 2 heterocycles. The molecule has 7 heteroatoms. The first-order chi connectivity index (χ1) is 13.7. The quantitative estimate of drug-likeness (QED) is 0.734. The number of amides is 1. The monoisotopic (exact) mass is 378 g/mol. The van der Waals surface area contributed by atoms with Crippen molar-refractivity contribution in [2.24, 2.45) is 0 Å². The lowest BCUT2D eigenvalue weighted by molar-refractivity contribution is -0.117. The third kappa shape index (κ3) is 3.43. The lowest BCUT2D eigenvalue weighted by Crippen LogP contribution is -2.40. The molecule has 1 fully saturated rings. The first-order valence-corrected chi connectivity index (χ1v) is 9.20. The molecule has 0 bridgehead atoms. The van der Waals surface area contributed by atoms with Crippen LogP contribution in [-0.2, 0) is 4.79 Å². The summed E-state index contributed by atoms with van der Waals surface area (Å²) >= 11 is 0. The maximum absolute atomic E-state index is 13.1. The summed E-state index contributed by atoms with van der Waals surface area (Å²) in [7, 11) is 3.17. The minimum atomic E-state index is -0.296. The van der Waals surface area contributed by atoms with Crippen molar-refractivity contribution in [2.45, 2.75) is 18.9 Å². The highest BCUT2D eigenvalue weighted by atomic mass is 16.5. The molecule has 1 aliphatic heterocycles. The fourth-order valence-electron chi connectivity index (χ4n) is 3.62. The molecule has 0 spiro atoms. The Morgan fingerprint density at radius 3 is 2.61 bits per heavy atom. The maximum atomic E-state index is 13.1. The van der Waals surface area contributed by atoms with Crippen molar-refractivity contribution in [3.63, 3.8) is 0 Å². The number of fused-ring (bicyclic) bond motifs is 1. The maximum Gasteiger partial charge on any atom is 0.247 e. The molecule has 1 aromatic heterocycles. The van der Waals surface area contributed by atoms with Crippen molar-refractivity contribution in [3.8, 4) is 11.5 Å². The number of carbonyl (C=O) groups is 1. The van der Waals surface area contributed by atoms with Crippen molar-refractivity contribution < 1.29 is 14.3 Å². The molecular weight excluding hydrogens is 356 g/mol. The molecule has 2 aromatic carbocycles. The Morgan fingerprint density at radius 2 is 1.86 bits per heavy atom. The fraction of sp³-hybridized carbons (Fsp3) is 0.286. The van der Waals surface area contributed by atoms with Gasteiger partial charge in [0.05, 0.1) is 19.7 Å². The molecule has 1 atom stereocenters. The Morgan fingerprint density at radius 1 is 1.11 bits per heavy atom. The summed E-state index contributed by atoms with van der Waals surface area (Å²) in [6.45, 7) is 0.778. The third-order valence-electron chi connectivity index (χ3n) is 4.97. The van der Waals surface area contributed by atoms with Gasteiger partial charge in [0.2, 0.25) is 5.91 Å².